The number of hydrogen-bond donors (Lipinski definition) is 0. The fourth-order valence-electron chi connectivity index (χ4n) is 1.25. The van der Waals surface area contributed by atoms with Crippen molar-refractivity contribution in [2.24, 2.45) is 0 Å². The molecule has 0 saturated heterocycles. The van der Waals surface area contributed by atoms with E-state index in [4.69, 9.17) is 0 Å². The smallest absolute Gasteiger partial charge is 0.139 e. The zero-order chi connectivity index (χ0) is 9.97. The fraction of sp³-hybridized carbons (Fsp3) is 0.300. The van der Waals surface area contributed by atoms with Crippen molar-refractivity contribution in [3.63, 3.8) is 0 Å². The van der Waals surface area contributed by atoms with E-state index in [0.29, 0.717) is 5.92 Å². The normalized spacial score (nSPS) is 10.8. The van der Waals surface area contributed by atoms with Crippen LogP contribution in [0.15, 0.2) is 31.0 Å². The van der Waals surface area contributed by atoms with E-state index in [1.54, 1.807) is 17.2 Å². The fourth-order valence-corrected chi connectivity index (χ4v) is 1.25. The monoisotopic (exact) mass is 188 g/mol. The van der Waals surface area contributed by atoms with Crippen molar-refractivity contribution >= 4 is 0 Å². The van der Waals surface area contributed by atoms with Crippen LogP contribution in [0.1, 0.15) is 25.3 Å². The highest BCUT2D eigenvalue weighted by atomic mass is 15.2. The van der Waals surface area contributed by atoms with E-state index in [0.717, 1.165) is 5.82 Å². The van der Waals surface area contributed by atoms with Gasteiger partial charge >= 0.3 is 0 Å². The molecule has 0 aliphatic carbocycles. The molecule has 0 aliphatic heterocycles. The van der Waals surface area contributed by atoms with E-state index < -0.39 is 0 Å². The van der Waals surface area contributed by atoms with Crippen molar-refractivity contribution in [2.45, 2.75) is 19.8 Å². The van der Waals surface area contributed by atoms with Crippen LogP contribution in [0.25, 0.3) is 5.82 Å². The summed E-state index contributed by atoms with van der Waals surface area (Å²) in [4.78, 5) is 4.25. The first-order valence-electron chi connectivity index (χ1n) is 4.58. The molecular weight excluding hydrogens is 176 g/mol. The molecule has 72 valence electrons. The summed E-state index contributed by atoms with van der Waals surface area (Å²) in [6.07, 6.45) is 5.10. The molecule has 0 spiro atoms. The molecule has 0 bridgehead atoms. The highest BCUT2D eigenvalue weighted by molar-refractivity contribution is 5.28. The summed E-state index contributed by atoms with van der Waals surface area (Å²) < 4.78 is 1.80. The second-order valence-corrected chi connectivity index (χ2v) is 3.47. The Balaban J connectivity index is 2.41. The molecule has 4 heteroatoms. The number of aromatic nitrogens is 4. The maximum absolute atomic E-state index is 4.25. The SMILES string of the molecule is CC(C)c1ccnc(-n2cnnc2)c1. The number of pyridine rings is 1. The van der Waals surface area contributed by atoms with Crippen molar-refractivity contribution in [1.29, 1.82) is 0 Å². The summed E-state index contributed by atoms with van der Waals surface area (Å²) in [5.41, 5.74) is 1.27. The van der Waals surface area contributed by atoms with Crippen LogP contribution in [0.4, 0.5) is 0 Å². The van der Waals surface area contributed by atoms with Crippen LogP contribution < -0.4 is 0 Å². The van der Waals surface area contributed by atoms with Gasteiger partial charge < -0.3 is 0 Å². The van der Waals surface area contributed by atoms with Gasteiger partial charge in [-0.2, -0.15) is 0 Å². The van der Waals surface area contributed by atoms with E-state index in [1.165, 1.54) is 5.56 Å². The Kier molecular flexibility index (Phi) is 2.26. The van der Waals surface area contributed by atoms with Gasteiger partial charge in [-0.25, -0.2) is 4.98 Å². The van der Waals surface area contributed by atoms with Crippen molar-refractivity contribution in [2.75, 3.05) is 0 Å². The third kappa shape index (κ3) is 1.64. The van der Waals surface area contributed by atoms with Gasteiger partial charge in [-0.15, -0.1) is 10.2 Å². The molecule has 0 unspecified atom stereocenters. The van der Waals surface area contributed by atoms with Crippen molar-refractivity contribution in [3.8, 4) is 5.82 Å². The average Bonchev–Trinajstić information content (AvgIpc) is 2.71. The topological polar surface area (TPSA) is 43.6 Å². The van der Waals surface area contributed by atoms with Gasteiger partial charge in [-0.1, -0.05) is 13.8 Å². The lowest BCUT2D eigenvalue weighted by molar-refractivity contribution is 0.854. The minimum Gasteiger partial charge on any atom is -0.272 e. The highest BCUT2D eigenvalue weighted by Gasteiger charge is 2.02. The van der Waals surface area contributed by atoms with Crippen LogP contribution in [-0.2, 0) is 0 Å². The van der Waals surface area contributed by atoms with Gasteiger partial charge in [0.15, 0.2) is 0 Å². The summed E-state index contributed by atoms with van der Waals surface area (Å²) in [6.45, 7) is 4.32. The highest BCUT2D eigenvalue weighted by Crippen LogP contribution is 2.15. The molecule has 0 N–H and O–H groups in total. The molecule has 14 heavy (non-hydrogen) atoms. The molecule has 2 aromatic rings. The number of nitrogens with zero attached hydrogens (tertiary/aromatic N) is 4. The predicted molar refractivity (Wildman–Crippen MR) is 53.2 cm³/mol. The van der Waals surface area contributed by atoms with Crippen molar-refractivity contribution < 1.29 is 0 Å². The second-order valence-electron chi connectivity index (χ2n) is 3.47. The molecule has 0 amide bonds. The van der Waals surface area contributed by atoms with Gasteiger partial charge in [0.2, 0.25) is 0 Å². The zero-order valence-corrected chi connectivity index (χ0v) is 8.25. The average molecular weight is 188 g/mol. The Morgan fingerprint density at radius 3 is 2.57 bits per heavy atom. The minimum atomic E-state index is 0.508. The molecule has 0 radical (unpaired) electrons. The predicted octanol–water partition coefficient (Wildman–Crippen LogP) is 1.79. The van der Waals surface area contributed by atoms with Gasteiger partial charge in [0.1, 0.15) is 18.5 Å². The van der Waals surface area contributed by atoms with E-state index in [9.17, 15) is 0 Å². The minimum absolute atomic E-state index is 0.508. The number of rotatable bonds is 2. The molecule has 0 fully saturated rings. The molecular formula is C10H12N4. The zero-order valence-electron chi connectivity index (χ0n) is 8.25. The van der Waals surface area contributed by atoms with Crippen LogP contribution in [0.2, 0.25) is 0 Å². The lowest BCUT2D eigenvalue weighted by Crippen LogP contribution is -1.96. The van der Waals surface area contributed by atoms with Gasteiger partial charge in [0.05, 0.1) is 0 Å². The number of hydrogen-bond acceptors (Lipinski definition) is 3. The summed E-state index contributed by atoms with van der Waals surface area (Å²) in [6, 6.07) is 4.08. The molecule has 0 aliphatic rings. The summed E-state index contributed by atoms with van der Waals surface area (Å²) in [7, 11) is 0. The van der Waals surface area contributed by atoms with Crippen molar-refractivity contribution in [1.82, 2.24) is 19.7 Å². The largest absolute Gasteiger partial charge is 0.272 e. The second kappa shape index (κ2) is 3.57. The maximum Gasteiger partial charge on any atom is 0.139 e. The Morgan fingerprint density at radius 2 is 1.93 bits per heavy atom. The Hall–Kier alpha value is -1.71. The van der Waals surface area contributed by atoms with Gasteiger partial charge in [0.25, 0.3) is 0 Å². The molecule has 0 aromatic carbocycles. The molecule has 2 heterocycles. The third-order valence-electron chi connectivity index (χ3n) is 2.12. The standard InChI is InChI=1S/C10H12N4/c1-8(2)9-3-4-11-10(5-9)14-6-12-13-7-14/h3-8H,1-2H3. The Bertz CT molecular complexity index is 406. The quantitative estimate of drug-likeness (QED) is 0.721. The summed E-state index contributed by atoms with van der Waals surface area (Å²) in [5.74, 6) is 1.37. The van der Waals surface area contributed by atoms with E-state index >= 15 is 0 Å². The summed E-state index contributed by atoms with van der Waals surface area (Å²) in [5, 5.41) is 7.49. The summed E-state index contributed by atoms with van der Waals surface area (Å²) >= 11 is 0. The molecule has 2 rings (SSSR count). The first-order valence-corrected chi connectivity index (χ1v) is 4.58. The Labute approximate surface area is 82.6 Å². The van der Waals surface area contributed by atoms with E-state index in [1.807, 2.05) is 18.3 Å². The molecule has 0 saturated carbocycles. The van der Waals surface area contributed by atoms with Crippen LogP contribution in [-0.4, -0.2) is 19.7 Å². The molecule has 4 nitrogen and oxygen atoms in total. The lowest BCUT2D eigenvalue weighted by Gasteiger charge is -2.06. The third-order valence-corrected chi connectivity index (χ3v) is 2.12. The van der Waals surface area contributed by atoms with Crippen molar-refractivity contribution in [3.05, 3.63) is 36.5 Å². The van der Waals surface area contributed by atoms with Crippen LogP contribution in [0.5, 0.6) is 0 Å². The van der Waals surface area contributed by atoms with Crippen LogP contribution >= 0.6 is 0 Å². The maximum atomic E-state index is 4.25. The lowest BCUT2D eigenvalue weighted by atomic mass is 10.1. The first kappa shape index (κ1) is 8.87. The molecule has 2 aromatic heterocycles. The van der Waals surface area contributed by atoms with Crippen LogP contribution in [0, 0.1) is 0 Å². The first-order chi connectivity index (χ1) is 6.77. The van der Waals surface area contributed by atoms with Gasteiger partial charge in [-0.3, -0.25) is 4.57 Å². The molecule has 0 atom stereocenters. The van der Waals surface area contributed by atoms with E-state index in [-0.39, 0.29) is 0 Å². The van der Waals surface area contributed by atoms with Crippen LogP contribution in [0.3, 0.4) is 0 Å². The Morgan fingerprint density at radius 1 is 1.21 bits per heavy atom. The van der Waals surface area contributed by atoms with E-state index in [2.05, 4.69) is 29.0 Å². The van der Waals surface area contributed by atoms with Gasteiger partial charge in [-0.05, 0) is 23.6 Å². The van der Waals surface area contributed by atoms with Gasteiger partial charge in [0, 0.05) is 6.20 Å².